The summed E-state index contributed by atoms with van der Waals surface area (Å²) >= 11 is 0. The SMILES string of the molecule is CC(=O)/C=C(/C)O.Cc1[c-]c(-c2ncc(C3C4CC5CC(C4)CC3C5)c3ccccc23)cc(C)c1.[Ir]. The number of aryl methyl sites for hydroxylation is 2. The van der Waals surface area contributed by atoms with Gasteiger partial charge in [0.05, 0.1) is 5.76 Å². The fourth-order valence-corrected chi connectivity index (χ4v) is 7.44. The van der Waals surface area contributed by atoms with Gasteiger partial charge in [0.1, 0.15) is 0 Å². The summed E-state index contributed by atoms with van der Waals surface area (Å²) in [6, 6.07) is 16.9. The summed E-state index contributed by atoms with van der Waals surface area (Å²) < 4.78 is 0. The summed E-state index contributed by atoms with van der Waals surface area (Å²) in [6.07, 6.45) is 10.7. The van der Waals surface area contributed by atoms with E-state index in [0.29, 0.717) is 0 Å². The van der Waals surface area contributed by atoms with Crippen LogP contribution in [-0.4, -0.2) is 15.9 Å². The zero-order valence-corrected chi connectivity index (χ0v) is 24.1. The van der Waals surface area contributed by atoms with Crippen molar-refractivity contribution >= 4 is 16.6 Å². The van der Waals surface area contributed by atoms with Gasteiger partial charge < -0.3 is 10.1 Å². The Balaban J connectivity index is 0.000000338. The molecular weight excluding hydrogens is 623 g/mol. The number of carbonyl (C=O) groups excluding carboxylic acids is 1. The third-order valence-electron chi connectivity index (χ3n) is 8.23. The van der Waals surface area contributed by atoms with Gasteiger partial charge in [-0.3, -0.25) is 4.79 Å². The standard InChI is InChI=1S/C27H28N.C5H8O2.Ir/c1-16-7-17(2)9-22(8-16)27-24-6-4-3-5-23(24)25(15-28-27)26-20-11-18-10-19(13-20)14-21(26)12-18;1-4(6)3-5(2)7;/h3-8,15,18-21,26H,10-14H2,1-2H3;3,6H,1-2H3;/q-1;;/b;4-3-;. The number of aliphatic hydroxyl groups excluding tert-OH is 1. The fourth-order valence-electron chi connectivity index (χ4n) is 7.44. The van der Waals surface area contributed by atoms with E-state index in [-0.39, 0.29) is 31.6 Å². The van der Waals surface area contributed by atoms with Crippen LogP contribution < -0.4 is 0 Å². The first-order valence-corrected chi connectivity index (χ1v) is 13.0. The van der Waals surface area contributed by atoms with Crippen LogP contribution in [0.25, 0.3) is 22.0 Å². The average molecular weight is 659 g/mol. The zero-order chi connectivity index (χ0) is 24.7. The van der Waals surface area contributed by atoms with Gasteiger partial charge in [0.25, 0.3) is 0 Å². The van der Waals surface area contributed by atoms with Crippen molar-refractivity contribution < 1.29 is 30.0 Å². The summed E-state index contributed by atoms with van der Waals surface area (Å²) in [6.45, 7) is 7.14. The Labute approximate surface area is 228 Å². The Kier molecular flexibility index (Phi) is 8.17. The quantitative estimate of drug-likeness (QED) is 0.177. The number of fused-ring (bicyclic) bond motifs is 1. The number of aromatic nitrogens is 1. The average Bonchev–Trinajstić information content (AvgIpc) is 2.77. The van der Waals surface area contributed by atoms with Gasteiger partial charge >= 0.3 is 0 Å². The Morgan fingerprint density at radius 2 is 1.58 bits per heavy atom. The number of benzene rings is 2. The number of aliphatic hydroxyl groups is 1. The third-order valence-corrected chi connectivity index (χ3v) is 8.23. The van der Waals surface area contributed by atoms with Crippen LogP contribution in [-0.2, 0) is 24.9 Å². The Bertz CT molecular complexity index is 1240. The second-order valence-corrected chi connectivity index (χ2v) is 11.2. The predicted octanol–water partition coefficient (Wildman–Crippen LogP) is 7.89. The molecule has 1 N–H and O–H groups in total. The summed E-state index contributed by atoms with van der Waals surface area (Å²) in [5.41, 5.74) is 6.21. The monoisotopic (exact) mass is 659 g/mol. The number of nitrogens with zero attached hydrogens (tertiary/aromatic N) is 1. The van der Waals surface area contributed by atoms with Crippen molar-refractivity contribution in [3.8, 4) is 11.3 Å². The number of carbonyl (C=O) groups is 1. The van der Waals surface area contributed by atoms with Gasteiger partial charge in [0.2, 0.25) is 0 Å². The molecule has 0 amide bonds. The number of rotatable bonds is 3. The zero-order valence-electron chi connectivity index (χ0n) is 21.7. The number of ketones is 1. The van der Waals surface area contributed by atoms with Crippen LogP contribution in [0.2, 0.25) is 0 Å². The van der Waals surface area contributed by atoms with Gasteiger partial charge in [-0.1, -0.05) is 38.1 Å². The topological polar surface area (TPSA) is 50.2 Å². The summed E-state index contributed by atoms with van der Waals surface area (Å²) in [4.78, 5) is 15.1. The molecule has 2 aromatic carbocycles. The molecule has 4 bridgehead atoms. The normalized spacial score (nSPS) is 26.2. The van der Waals surface area contributed by atoms with Crippen LogP contribution in [0.4, 0.5) is 0 Å². The van der Waals surface area contributed by atoms with E-state index < -0.39 is 0 Å². The molecule has 4 saturated carbocycles. The van der Waals surface area contributed by atoms with Crippen LogP contribution in [0.3, 0.4) is 0 Å². The number of hydrogen-bond donors (Lipinski definition) is 1. The van der Waals surface area contributed by atoms with Gasteiger partial charge in [-0.15, -0.1) is 34.9 Å². The maximum Gasteiger partial charge on any atom is 0.155 e. The fraction of sp³-hybridized carbons (Fsp3) is 0.438. The van der Waals surface area contributed by atoms with Gasteiger partial charge in [-0.25, -0.2) is 0 Å². The van der Waals surface area contributed by atoms with Crippen molar-refractivity contribution in [1.29, 1.82) is 0 Å². The number of hydrogen-bond acceptors (Lipinski definition) is 3. The van der Waals surface area contributed by atoms with Crippen LogP contribution in [0.1, 0.15) is 68.6 Å². The van der Waals surface area contributed by atoms with Gasteiger partial charge in [0, 0.05) is 32.4 Å². The largest absolute Gasteiger partial charge is 0.512 e. The second kappa shape index (κ2) is 11.0. The molecule has 4 aliphatic carbocycles. The Morgan fingerprint density at radius 3 is 2.11 bits per heavy atom. The first-order valence-electron chi connectivity index (χ1n) is 13.0. The molecule has 4 aliphatic rings. The Morgan fingerprint density at radius 1 is 0.972 bits per heavy atom. The van der Waals surface area contributed by atoms with Crippen molar-refractivity contribution in [3.63, 3.8) is 0 Å². The van der Waals surface area contributed by atoms with Gasteiger partial charge in [0.15, 0.2) is 5.78 Å². The van der Waals surface area contributed by atoms with E-state index in [1.54, 1.807) is 0 Å². The van der Waals surface area contributed by atoms with Crippen molar-refractivity contribution in [1.82, 2.24) is 4.98 Å². The molecule has 0 aliphatic heterocycles. The van der Waals surface area contributed by atoms with Gasteiger partial charge in [-0.05, 0) is 97.6 Å². The van der Waals surface area contributed by atoms with Gasteiger partial charge in [-0.2, -0.15) is 0 Å². The van der Waals surface area contributed by atoms with E-state index in [1.807, 2.05) is 0 Å². The second-order valence-electron chi connectivity index (χ2n) is 11.2. The predicted molar refractivity (Wildman–Crippen MR) is 142 cm³/mol. The minimum atomic E-state index is -0.125. The summed E-state index contributed by atoms with van der Waals surface area (Å²) in [5.74, 6) is 4.47. The molecule has 1 heterocycles. The van der Waals surface area contributed by atoms with Crippen LogP contribution in [0, 0.1) is 43.6 Å². The molecule has 4 fully saturated rings. The maximum atomic E-state index is 10.0. The minimum Gasteiger partial charge on any atom is -0.512 e. The first kappa shape index (κ1) is 26.8. The molecule has 0 unspecified atom stereocenters. The third kappa shape index (κ3) is 5.50. The van der Waals surface area contributed by atoms with Crippen molar-refractivity contribution in [2.45, 2.75) is 65.7 Å². The molecule has 36 heavy (non-hydrogen) atoms. The molecule has 0 spiro atoms. The van der Waals surface area contributed by atoms with E-state index in [0.717, 1.165) is 40.8 Å². The van der Waals surface area contributed by atoms with Crippen LogP contribution in [0.15, 0.2) is 54.4 Å². The van der Waals surface area contributed by atoms with E-state index in [9.17, 15) is 4.79 Å². The van der Waals surface area contributed by atoms with E-state index >= 15 is 0 Å². The molecular formula is C32H36IrNO2-. The van der Waals surface area contributed by atoms with E-state index in [2.05, 4.69) is 62.5 Å². The molecule has 1 radical (unpaired) electrons. The van der Waals surface area contributed by atoms with Crippen molar-refractivity contribution in [2.75, 3.05) is 0 Å². The molecule has 191 valence electrons. The molecule has 3 nitrogen and oxygen atoms in total. The molecule has 1 aromatic heterocycles. The first-order chi connectivity index (χ1) is 16.8. The molecule has 0 saturated heterocycles. The van der Waals surface area contributed by atoms with Crippen molar-refractivity contribution in [2.24, 2.45) is 23.7 Å². The summed E-state index contributed by atoms with van der Waals surface area (Å²) in [5, 5.41) is 11.1. The number of pyridine rings is 1. The number of allylic oxidation sites excluding steroid dienone is 2. The molecule has 4 heteroatoms. The van der Waals surface area contributed by atoms with E-state index in [1.165, 1.54) is 79.5 Å². The minimum absolute atomic E-state index is 0. The summed E-state index contributed by atoms with van der Waals surface area (Å²) in [7, 11) is 0. The van der Waals surface area contributed by atoms with Crippen LogP contribution >= 0.6 is 0 Å². The maximum absolute atomic E-state index is 10.0. The van der Waals surface area contributed by atoms with E-state index in [4.69, 9.17) is 10.1 Å². The smallest absolute Gasteiger partial charge is 0.155 e. The molecule has 0 atom stereocenters. The molecule has 7 rings (SSSR count). The van der Waals surface area contributed by atoms with Crippen molar-refractivity contribution in [3.05, 3.63) is 77.2 Å². The van der Waals surface area contributed by atoms with Crippen LogP contribution in [0.5, 0.6) is 0 Å². The Hall–Kier alpha value is -2.29. The molecule has 3 aromatic rings.